The van der Waals surface area contributed by atoms with E-state index < -0.39 is 0 Å². The zero-order chi connectivity index (χ0) is 16.1. The number of aromatic nitrogens is 2. The fourth-order valence-electron chi connectivity index (χ4n) is 3.56. The van der Waals surface area contributed by atoms with E-state index in [0.717, 1.165) is 29.0 Å². The normalized spacial score (nSPS) is 16.8. The molecular formula is C19H19N3O. The maximum Gasteiger partial charge on any atom is 0.277 e. The average Bonchev–Trinajstić information content (AvgIpc) is 3.03. The van der Waals surface area contributed by atoms with Gasteiger partial charge in [-0.25, -0.2) is 4.98 Å². The molecule has 2 aromatic heterocycles. The molecule has 0 N–H and O–H groups in total. The Morgan fingerprint density at radius 2 is 1.96 bits per heavy atom. The van der Waals surface area contributed by atoms with E-state index in [0.29, 0.717) is 5.69 Å². The molecule has 0 spiro atoms. The van der Waals surface area contributed by atoms with E-state index in [1.54, 1.807) is 0 Å². The van der Waals surface area contributed by atoms with E-state index in [1.165, 1.54) is 5.56 Å². The average molecular weight is 305 g/mol. The Balaban J connectivity index is 1.88. The molecule has 1 aliphatic rings. The first kappa shape index (κ1) is 14.0. The Morgan fingerprint density at radius 3 is 2.78 bits per heavy atom. The minimum absolute atomic E-state index is 0.0260. The molecule has 0 saturated carbocycles. The standard InChI is InChI=1S/C19H19N3O/c1-12-7-6-10-21-17(14(3)20-18(12)21)19(23)22-13(2)11-15-8-4-5-9-16(15)22/h4-10,13H,11H2,1-3H3. The SMILES string of the molecule is Cc1nc2c(C)cccn2c1C(=O)N1c2ccccc2CC1C. The van der Waals surface area contributed by atoms with Crippen molar-refractivity contribution in [3.8, 4) is 0 Å². The third kappa shape index (κ3) is 1.98. The van der Waals surface area contributed by atoms with Crippen molar-refractivity contribution in [1.29, 1.82) is 0 Å². The van der Waals surface area contributed by atoms with Gasteiger partial charge in [-0.3, -0.25) is 9.20 Å². The van der Waals surface area contributed by atoms with Gasteiger partial charge in [0.05, 0.1) is 5.69 Å². The van der Waals surface area contributed by atoms with E-state index in [2.05, 4.69) is 18.0 Å². The summed E-state index contributed by atoms with van der Waals surface area (Å²) in [6, 6.07) is 12.3. The number of anilines is 1. The van der Waals surface area contributed by atoms with E-state index in [-0.39, 0.29) is 11.9 Å². The van der Waals surface area contributed by atoms with Crippen molar-refractivity contribution in [3.63, 3.8) is 0 Å². The quantitative estimate of drug-likeness (QED) is 0.689. The van der Waals surface area contributed by atoms with E-state index in [4.69, 9.17) is 0 Å². The van der Waals surface area contributed by atoms with Crippen LogP contribution in [0.5, 0.6) is 0 Å². The molecule has 0 radical (unpaired) electrons. The minimum Gasteiger partial charge on any atom is -0.304 e. The summed E-state index contributed by atoms with van der Waals surface area (Å²) in [6.07, 6.45) is 2.82. The largest absolute Gasteiger partial charge is 0.304 e. The number of benzene rings is 1. The summed E-state index contributed by atoms with van der Waals surface area (Å²) in [5.41, 5.74) is 5.62. The fraction of sp³-hybridized carbons (Fsp3) is 0.263. The summed E-state index contributed by atoms with van der Waals surface area (Å²) in [5, 5.41) is 0. The van der Waals surface area contributed by atoms with Gasteiger partial charge in [0.25, 0.3) is 5.91 Å². The molecule has 1 unspecified atom stereocenters. The Morgan fingerprint density at radius 1 is 1.17 bits per heavy atom. The van der Waals surface area contributed by atoms with Gasteiger partial charge in [0.15, 0.2) is 0 Å². The highest BCUT2D eigenvalue weighted by Gasteiger charge is 2.33. The van der Waals surface area contributed by atoms with Gasteiger partial charge in [-0.2, -0.15) is 0 Å². The number of imidazole rings is 1. The lowest BCUT2D eigenvalue weighted by atomic mass is 10.1. The highest BCUT2D eigenvalue weighted by Crippen LogP contribution is 2.33. The summed E-state index contributed by atoms with van der Waals surface area (Å²) in [4.78, 5) is 19.8. The number of amides is 1. The first-order valence-corrected chi connectivity index (χ1v) is 7.93. The van der Waals surface area contributed by atoms with Crippen molar-refractivity contribution in [2.45, 2.75) is 33.2 Å². The number of aryl methyl sites for hydroxylation is 2. The van der Waals surface area contributed by atoms with Crippen LogP contribution in [0.15, 0.2) is 42.6 Å². The number of hydrogen-bond acceptors (Lipinski definition) is 2. The fourth-order valence-corrected chi connectivity index (χ4v) is 3.56. The number of nitrogens with zero attached hydrogens (tertiary/aromatic N) is 3. The summed E-state index contributed by atoms with van der Waals surface area (Å²) < 4.78 is 1.92. The van der Waals surface area contributed by atoms with Gasteiger partial charge in [-0.1, -0.05) is 24.3 Å². The monoisotopic (exact) mass is 305 g/mol. The second-order valence-corrected chi connectivity index (χ2v) is 6.29. The Bertz CT molecular complexity index is 926. The predicted molar refractivity (Wildman–Crippen MR) is 91.1 cm³/mol. The maximum atomic E-state index is 13.3. The van der Waals surface area contributed by atoms with Crippen LogP contribution >= 0.6 is 0 Å². The van der Waals surface area contributed by atoms with E-state index in [1.807, 2.05) is 59.7 Å². The van der Waals surface area contributed by atoms with Crippen LogP contribution < -0.4 is 4.90 Å². The third-order valence-electron chi connectivity index (χ3n) is 4.65. The summed E-state index contributed by atoms with van der Waals surface area (Å²) in [6.45, 7) is 6.03. The summed E-state index contributed by atoms with van der Waals surface area (Å²) in [7, 11) is 0. The summed E-state index contributed by atoms with van der Waals surface area (Å²) in [5.74, 6) is 0.0260. The Hall–Kier alpha value is -2.62. The van der Waals surface area contributed by atoms with Gasteiger partial charge in [-0.05, 0) is 50.5 Å². The van der Waals surface area contributed by atoms with Crippen LogP contribution in [0, 0.1) is 13.8 Å². The van der Waals surface area contributed by atoms with Gasteiger partial charge in [0, 0.05) is 17.9 Å². The molecule has 0 fully saturated rings. The molecule has 1 atom stereocenters. The number of carbonyl (C=O) groups excluding carboxylic acids is 1. The molecule has 0 saturated heterocycles. The first-order chi connectivity index (χ1) is 11.1. The van der Waals surface area contributed by atoms with Crippen LogP contribution in [0.1, 0.15) is 34.2 Å². The second kappa shape index (κ2) is 4.95. The molecular weight excluding hydrogens is 286 g/mol. The smallest absolute Gasteiger partial charge is 0.277 e. The zero-order valence-electron chi connectivity index (χ0n) is 13.6. The van der Waals surface area contributed by atoms with Crippen LogP contribution in [-0.4, -0.2) is 21.3 Å². The number of hydrogen-bond donors (Lipinski definition) is 0. The van der Waals surface area contributed by atoms with Crippen LogP contribution in [-0.2, 0) is 6.42 Å². The van der Waals surface area contributed by atoms with E-state index >= 15 is 0 Å². The Labute approximate surface area is 135 Å². The third-order valence-corrected chi connectivity index (χ3v) is 4.65. The maximum absolute atomic E-state index is 13.3. The lowest BCUT2D eigenvalue weighted by Crippen LogP contribution is -2.36. The Kier molecular flexibility index (Phi) is 3.01. The van der Waals surface area contributed by atoms with Gasteiger partial charge in [0.1, 0.15) is 11.3 Å². The molecule has 3 aromatic rings. The highest BCUT2D eigenvalue weighted by molar-refractivity contribution is 6.08. The van der Waals surface area contributed by atoms with Gasteiger partial charge < -0.3 is 4.90 Å². The van der Waals surface area contributed by atoms with E-state index in [9.17, 15) is 4.79 Å². The van der Waals surface area contributed by atoms with Crippen molar-refractivity contribution >= 4 is 17.2 Å². The number of para-hydroxylation sites is 1. The van der Waals surface area contributed by atoms with Crippen molar-refractivity contribution < 1.29 is 4.79 Å². The molecule has 4 rings (SSSR count). The molecule has 4 heteroatoms. The van der Waals surface area contributed by atoms with Crippen LogP contribution in [0.2, 0.25) is 0 Å². The second-order valence-electron chi connectivity index (χ2n) is 6.29. The number of pyridine rings is 1. The van der Waals surface area contributed by atoms with Crippen molar-refractivity contribution in [2.75, 3.05) is 4.90 Å². The molecule has 116 valence electrons. The van der Waals surface area contributed by atoms with Crippen molar-refractivity contribution in [2.24, 2.45) is 0 Å². The lowest BCUT2D eigenvalue weighted by Gasteiger charge is -2.22. The minimum atomic E-state index is 0.0260. The molecule has 1 amide bonds. The number of rotatable bonds is 1. The van der Waals surface area contributed by atoms with Crippen LogP contribution in [0.3, 0.4) is 0 Å². The van der Waals surface area contributed by atoms with Gasteiger partial charge >= 0.3 is 0 Å². The molecule has 0 bridgehead atoms. The summed E-state index contributed by atoms with van der Waals surface area (Å²) >= 11 is 0. The van der Waals surface area contributed by atoms with Crippen molar-refractivity contribution in [1.82, 2.24) is 9.38 Å². The van der Waals surface area contributed by atoms with Crippen LogP contribution in [0.4, 0.5) is 5.69 Å². The first-order valence-electron chi connectivity index (χ1n) is 7.93. The topological polar surface area (TPSA) is 37.6 Å². The molecule has 23 heavy (non-hydrogen) atoms. The van der Waals surface area contributed by atoms with Gasteiger partial charge in [-0.15, -0.1) is 0 Å². The van der Waals surface area contributed by atoms with Crippen molar-refractivity contribution in [3.05, 3.63) is 65.1 Å². The molecule has 1 aliphatic heterocycles. The highest BCUT2D eigenvalue weighted by atomic mass is 16.2. The molecule has 3 heterocycles. The molecule has 0 aliphatic carbocycles. The number of carbonyl (C=O) groups is 1. The lowest BCUT2D eigenvalue weighted by molar-refractivity contribution is 0.0975. The predicted octanol–water partition coefficient (Wildman–Crippen LogP) is 3.54. The van der Waals surface area contributed by atoms with Crippen LogP contribution in [0.25, 0.3) is 5.65 Å². The molecule has 1 aromatic carbocycles. The number of fused-ring (bicyclic) bond motifs is 2. The molecule has 4 nitrogen and oxygen atoms in total. The zero-order valence-corrected chi connectivity index (χ0v) is 13.6. The van der Waals surface area contributed by atoms with Gasteiger partial charge in [0.2, 0.25) is 0 Å².